The van der Waals surface area contributed by atoms with Crippen molar-refractivity contribution in [1.29, 1.82) is 0 Å². The van der Waals surface area contributed by atoms with Gasteiger partial charge in [0.1, 0.15) is 6.04 Å². The zero-order valence-electron chi connectivity index (χ0n) is 15.1. The number of anilines is 3. The number of rotatable bonds is 6. The van der Waals surface area contributed by atoms with Crippen LogP contribution in [0.2, 0.25) is 0 Å². The van der Waals surface area contributed by atoms with E-state index in [-0.39, 0.29) is 17.7 Å². The van der Waals surface area contributed by atoms with Gasteiger partial charge in [0, 0.05) is 23.0 Å². The van der Waals surface area contributed by atoms with E-state index in [9.17, 15) is 9.59 Å². The summed E-state index contributed by atoms with van der Waals surface area (Å²) in [4.78, 5) is 23.9. The molecule has 0 heterocycles. The Bertz CT molecular complexity index is 722. The van der Waals surface area contributed by atoms with E-state index < -0.39 is 6.04 Å². The maximum absolute atomic E-state index is 12.3. The number of benzene rings is 2. The Labute approximate surface area is 148 Å². The number of nitrogens with one attached hydrogen (secondary N) is 3. The van der Waals surface area contributed by atoms with Crippen LogP contribution in [0.5, 0.6) is 0 Å². The lowest BCUT2D eigenvalue weighted by Crippen LogP contribution is -2.31. The SMILES string of the molecule is Cc1ccc(NC(=O)[C@@H](C)Nc2ccc(NC(=O)C(C)C)cc2)cc1. The molecule has 0 unspecified atom stereocenters. The topological polar surface area (TPSA) is 70.2 Å². The van der Waals surface area contributed by atoms with Gasteiger partial charge in [-0.3, -0.25) is 9.59 Å². The van der Waals surface area contributed by atoms with Crippen LogP contribution in [0.3, 0.4) is 0 Å². The second kappa shape index (κ2) is 8.33. The van der Waals surface area contributed by atoms with E-state index in [2.05, 4.69) is 16.0 Å². The van der Waals surface area contributed by atoms with Gasteiger partial charge in [0.05, 0.1) is 0 Å². The molecule has 2 amide bonds. The molecule has 132 valence electrons. The molecule has 0 aliphatic carbocycles. The molecule has 0 spiro atoms. The largest absolute Gasteiger partial charge is 0.374 e. The van der Waals surface area contributed by atoms with Crippen LogP contribution in [0.1, 0.15) is 26.3 Å². The fourth-order valence-electron chi connectivity index (χ4n) is 2.14. The Morgan fingerprint density at radius 3 is 1.68 bits per heavy atom. The number of hydrogen-bond acceptors (Lipinski definition) is 3. The summed E-state index contributed by atoms with van der Waals surface area (Å²) in [6, 6.07) is 14.6. The highest BCUT2D eigenvalue weighted by Gasteiger charge is 2.13. The molecule has 0 bridgehead atoms. The molecule has 25 heavy (non-hydrogen) atoms. The number of carbonyl (C=O) groups is 2. The molecule has 0 aliphatic rings. The fraction of sp³-hybridized carbons (Fsp3) is 0.300. The van der Waals surface area contributed by atoms with Crippen LogP contribution >= 0.6 is 0 Å². The predicted molar refractivity (Wildman–Crippen MR) is 103 cm³/mol. The molecule has 3 N–H and O–H groups in total. The summed E-state index contributed by atoms with van der Waals surface area (Å²) in [6.07, 6.45) is 0. The molecule has 1 atom stereocenters. The van der Waals surface area contributed by atoms with Crippen molar-refractivity contribution in [3.8, 4) is 0 Å². The second-order valence-corrected chi connectivity index (χ2v) is 6.44. The van der Waals surface area contributed by atoms with Crippen LogP contribution in [0.25, 0.3) is 0 Å². The number of hydrogen-bond donors (Lipinski definition) is 3. The standard InChI is InChI=1S/C20H25N3O2/c1-13(2)19(24)22-18-11-9-16(10-12-18)21-15(4)20(25)23-17-7-5-14(3)6-8-17/h5-13,15,21H,1-4H3,(H,22,24)(H,23,25)/t15-/m1/s1. The Morgan fingerprint density at radius 1 is 0.720 bits per heavy atom. The van der Waals surface area contributed by atoms with E-state index in [4.69, 9.17) is 0 Å². The van der Waals surface area contributed by atoms with E-state index in [1.54, 1.807) is 6.92 Å². The van der Waals surface area contributed by atoms with Crippen molar-refractivity contribution in [2.45, 2.75) is 33.7 Å². The van der Waals surface area contributed by atoms with Gasteiger partial charge in [0.2, 0.25) is 11.8 Å². The summed E-state index contributed by atoms with van der Waals surface area (Å²) in [5.41, 5.74) is 3.47. The molecule has 2 aromatic rings. The van der Waals surface area contributed by atoms with Gasteiger partial charge in [0.15, 0.2) is 0 Å². The van der Waals surface area contributed by atoms with Gasteiger partial charge in [-0.25, -0.2) is 0 Å². The molecule has 0 fully saturated rings. The molecule has 0 aliphatic heterocycles. The average Bonchev–Trinajstić information content (AvgIpc) is 2.58. The summed E-state index contributed by atoms with van der Waals surface area (Å²) in [5, 5.41) is 8.87. The van der Waals surface area contributed by atoms with E-state index >= 15 is 0 Å². The van der Waals surface area contributed by atoms with Crippen LogP contribution < -0.4 is 16.0 Å². The lowest BCUT2D eigenvalue weighted by molar-refractivity contribution is -0.119. The summed E-state index contributed by atoms with van der Waals surface area (Å²) in [5.74, 6) is -0.198. The van der Waals surface area contributed by atoms with Crippen molar-refractivity contribution in [2.24, 2.45) is 5.92 Å². The van der Waals surface area contributed by atoms with Crippen molar-refractivity contribution in [1.82, 2.24) is 0 Å². The maximum Gasteiger partial charge on any atom is 0.246 e. The van der Waals surface area contributed by atoms with E-state index in [0.29, 0.717) is 0 Å². The number of aryl methyl sites for hydroxylation is 1. The van der Waals surface area contributed by atoms with Crippen molar-refractivity contribution >= 4 is 28.9 Å². The summed E-state index contributed by atoms with van der Waals surface area (Å²) >= 11 is 0. The molecular weight excluding hydrogens is 314 g/mol. The van der Waals surface area contributed by atoms with E-state index in [0.717, 1.165) is 22.6 Å². The first-order valence-electron chi connectivity index (χ1n) is 8.40. The molecule has 0 aromatic heterocycles. The average molecular weight is 339 g/mol. The Morgan fingerprint density at radius 2 is 1.16 bits per heavy atom. The minimum absolute atomic E-state index is 0.0217. The summed E-state index contributed by atoms with van der Waals surface area (Å²) in [7, 11) is 0. The van der Waals surface area contributed by atoms with E-state index in [1.165, 1.54) is 0 Å². The maximum atomic E-state index is 12.3. The van der Waals surface area contributed by atoms with Gasteiger partial charge in [0.25, 0.3) is 0 Å². The lowest BCUT2D eigenvalue weighted by Gasteiger charge is -2.16. The molecule has 2 aromatic carbocycles. The molecule has 0 saturated carbocycles. The van der Waals surface area contributed by atoms with Gasteiger partial charge < -0.3 is 16.0 Å². The molecule has 5 nitrogen and oxygen atoms in total. The zero-order chi connectivity index (χ0) is 18.4. The minimum Gasteiger partial charge on any atom is -0.374 e. The minimum atomic E-state index is -0.391. The quantitative estimate of drug-likeness (QED) is 0.744. The first-order valence-corrected chi connectivity index (χ1v) is 8.40. The third kappa shape index (κ3) is 5.64. The van der Waals surface area contributed by atoms with Crippen LogP contribution in [0.4, 0.5) is 17.1 Å². The number of carbonyl (C=O) groups excluding carboxylic acids is 2. The van der Waals surface area contributed by atoms with Crippen molar-refractivity contribution < 1.29 is 9.59 Å². The van der Waals surface area contributed by atoms with Gasteiger partial charge in [-0.1, -0.05) is 31.5 Å². The highest BCUT2D eigenvalue weighted by molar-refractivity contribution is 5.96. The Kier molecular flexibility index (Phi) is 6.17. The third-order valence-electron chi connectivity index (χ3n) is 3.77. The van der Waals surface area contributed by atoms with Gasteiger partial charge >= 0.3 is 0 Å². The fourth-order valence-corrected chi connectivity index (χ4v) is 2.14. The summed E-state index contributed by atoms with van der Waals surface area (Å²) < 4.78 is 0. The second-order valence-electron chi connectivity index (χ2n) is 6.44. The first-order chi connectivity index (χ1) is 11.8. The van der Waals surface area contributed by atoms with Crippen molar-refractivity contribution in [3.63, 3.8) is 0 Å². The Hall–Kier alpha value is -2.82. The smallest absolute Gasteiger partial charge is 0.246 e. The predicted octanol–water partition coefficient (Wildman–Crippen LogP) is 4.03. The normalized spacial score (nSPS) is 11.7. The van der Waals surface area contributed by atoms with Crippen LogP contribution in [0.15, 0.2) is 48.5 Å². The lowest BCUT2D eigenvalue weighted by atomic mass is 10.2. The van der Waals surface area contributed by atoms with Gasteiger partial charge in [-0.2, -0.15) is 0 Å². The van der Waals surface area contributed by atoms with Gasteiger partial charge in [-0.05, 0) is 50.2 Å². The molecular formula is C20H25N3O2. The molecule has 2 rings (SSSR count). The molecule has 5 heteroatoms. The van der Waals surface area contributed by atoms with Crippen molar-refractivity contribution in [2.75, 3.05) is 16.0 Å². The molecule has 0 saturated heterocycles. The zero-order valence-corrected chi connectivity index (χ0v) is 15.1. The van der Waals surface area contributed by atoms with Crippen LogP contribution in [-0.4, -0.2) is 17.9 Å². The summed E-state index contributed by atoms with van der Waals surface area (Å²) in [6.45, 7) is 7.50. The third-order valence-corrected chi connectivity index (χ3v) is 3.77. The van der Waals surface area contributed by atoms with Gasteiger partial charge in [-0.15, -0.1) is 0 Å². The van der Waals surface area contributed by atoms with Crippen LogP contribution in [-0.2, 0) is 9.59 Å². The number of amides is 2. The first kappa shape index (κ1) is 18.5. The van der Waals surface area contributed by atoms with E-state index in [1.807, 2.05) is 69.3 Å². The highest BCUT2D eigenvalue weighted by atomic mass is 16.2. The van der Waals surface area contributed by atoms with Crippen molar-refractivity contribution in [3.05, 3.63) is 54.1 Å². The Balaban J connectivity index is 1.91. The molecule has 0 radical (unpaired) electrons. The van der Waals surface area contributed by atoms with Crippen LogP contribution in [0, 0.1) is 12.8 Å². The highest BCUT2D eigenvalue weighted by Crippen LogP contribution is 2.16. The monoisotopic (exact) mass is 339 g/mol.